The van der Waals surface area contributed by atoms with Crippen LogP contribution in [0.2, 0.25) is 0 Å². The van der Waals surface area contributed by atoms with Gasteiger partial charge in [-0.3, -0.25) is 9.59 Å². The first kappa shape index (κ1) is 22.2. The quantitative estimate of drug-likeness (QED) is 0.279. The van der Waals surface area contributed by atoms with Gasteiger partial charge < -0.3 is 15.4 Å². The molecule has 1 aliphatic carbocycles. The number of anilines is 1. The van der Waals surface area contributed by atoms with E-state index in [2.05, 4.69) is 10.6 Å². The molecule has 1 aliphatic rings. The third-order valence-electron chi connectivity index (χ3n) is 5.27. The van der Waals surface area contributed by atoms with Gasteiger partial charge in [0, 0.05) is 10.4 Å². The molecular weight excluding hydrogens is 444 g/mol. The monoisotopic (exact) mass is 468 g/mol. The van der Waals surface area contributed by atoms with E-state index >= 15 is 0 Å². The topological polar surface area (TPSA) is 84.5 Å². The van der Waals surface area contributed by atoms with Crippen molar-refractivity contribution in [2.75, 3.05) is 11.9 Å². The largest absolute Gasteiger partial charge is 0.462 e. The maximum Gasteiger partial charge on any atom is 0.341 e. The zero-order valence-corrected chi connectivity index (χ0v) is 19.3. The van der Waals surface area contributed by atoms with Crippen LogP contribution < -0.4 is 10.6 Å². The van der Waals surface area contributed by atoms with E-state index in [1.807, 2.05) is 11.4 Å². The summed E-state index contributed by atoms with van der Waals surface area (Å²) in [5.41, 5.74) is 1.95. The van der Waals surface area contributed by atoms with E-state index < -0.39 is 12.1 Å². The van der Waals surface area contributed by atoms with Gasteiger partial charge >= 0.3 is 5.97 Å². The first-order chi connectivity index (χ1) is 15.6. The smallest absolute Gasteiger partial charge is 0.341 e. The van der Waals surface area contributed by atoms with Gasteiger partial charge in [-0.15, -0.1) is 22.7 Å². The lowest BCUT2D eigenvalue weighted by Gasteiger charge is -2.20. The predicted octanol–water partition coefficient (Wildman–Crippen LogP) is 4.92. The average Bonchev–Trinajstić information content (AvgIpc) is 3.47. The zero-order valence-electron chi connectivity index (χ0n) is 17.7. The highest BCUT2D eigenvalue weighted by Gasteiger charge is 2.30. The molecule has 2 heterocycles. The van der Waals surface area contributed by atoms with Crippen molar-refractivity contribution in [2.45, 2.75) is 38.8 Å². The molecular formula is C24H24N2O4S2. The molecule has 0 bridgehead atoms. The number of ether oxygens (including phenoxy) is 1. The number of carbonyl (C=O) groups excluding carboxylic acids is 3. The maximum atomic E-state index is 13.3. The summed E-state index contributed by atoms with van der Waals surface area (Å²) in [7, 11) is 0. The molecule has 1 atom stereocenters. The minimum absolute atomic E-state index is 0.268. The van der Waals surface area contributed by atoms with Gasteiger partial charge in [0.05, 0.1) is 17.0 Å². The standard InChI is InChI=1S/C24H24N2O4S2/c1-2-30-24(29)19-16-11-6-7-12-17(16)32-23(19)26-21(20(27)15-9-4-3-5-10-15)25-22(28)18-13-8-14-31-18/h3-5,8-10,13-14,21,26H,2,6-7,11-12H2,1H3,(H,25,28)/t21-/m1/s1. The Hall–Kier alpha value is -2.97. The third kappa shape index (κ3) is 4.76. The Bertz CT molecular complexity index is 1110. The van der Waals surface area contributed by atoms with Gasteiger partial charge in [0.2, 0.25) is 5.78 Å². The fraction of sp³-hybridized carbons (Fsp3) is 0.292. The zero-order chi connectivity index (χ0) is 22.5. The van der Waals surface area contributed by atoms with Crippen molar-refractivity contribution in [3.05, 3.63) is 74.3 Å². The molecule has 3 aromatic rings. The van der Waals surface area contributed by atoms with Gasteiger partial charge in [0.1, 0.15) is 5.00 Å². The van der Waals surface area contributed by atoms with E-state index in [1.54, 1.807) is 43.3 Å². The van der Waals surface area contributed by atoms with E-state index in [9.17, 15) is 14.4 Å². The van der Waals surface area contributed by atoms with Crippen molar-refractivity contribution < 1.29 is 19.1 Å². The summed E-state index contributed by atoms with van der Waals surface area (Å²) in [6, 6.07) is 12.3. The van der Waals surface area contributed by atoms with E-state index in [0.29, 0.717) is 21.0 Å². The van der Waals surface area contributed by atoms with E-state index in [1.165, 1.54) is 22.7 Å². The molecule has 0 radical (unpaired) electrons. The lowest BCUT2D eigenvalue weighted by Crippen LogP contribution is -2.46. The Morgan fingerprint density at radius 3 is 2.56 bits per heavy atom. The first-order valence-electron chi connectivity index (χ1n) is 10.6. The normalized spacial score (nSPS) is 13.7. The van der Waals surface area contributed by atoms with Crippen molar-refractivity contribution in [3.63, 3.8) is 0 Å². The number of fused-ring (bicyclic) bond motifs is 1. The molecule has 0 spiro atoms. The highest BCUT2D eigenvalue weighted by Crippen LogP contribution is 2.39. The summed E-state index contributed by atoms with van der Waals surface area (Å²) in [5.74, 6) is -1.03. The summed E-state index contributed by atoms with van der Waals surface area (Å²) in [5, 5.41) is 8.36. The molecule has 0 saturated carbocycles. The van der Waals surface area contributed by atoms with Crippen LogP contribution in [0.5, 0.6) is 0 Å². The lowest BCUT2D eigenvalue weighted by atomic mass is 9.95. The fourth-order valence-corrected chi connectivity index (χ4v) is 5.70. The van der Waals surface area contributed by atoms with Crippen molar-refractivity contribution in [1.82, 2.24) is 5.32 Å². The summed E-state index contributed by atoms with van der Waals surface area (Å²) >= 11 is 2.77. The molecule has 0 unspecified atom stereocenters. The molecule has 8 heteroatoms. The number of nitrogens with one attached hydrogen (secondary N) is 2. The van der Waals surface area contributed by atoms with Crippen LogP contribution in [0, 0.1) is 0 Å². The molecule has 2 aromatic heterocycles. The van der Waals surface area contributed by atoms with Crippen LogP contribution in [0.4, 0.5) is 5.00 Å². The second-order valence-corrected chi connectivity index (χ2v) is 9.45. The number of Topliss-reactive ketones (excluding diaryl/α,β-unsaturated/α-hetero) is 1. The molecule has 0 fully saturated rings. The first-order valence-corrected chi connectivity index (χ1v) is 12.3. The Balaban J connectivity index is 1.69. The number of rotatable bonds is 8. The molecule has 2 N–H and O–H groups in total. The second kappa shape index (κ2) is 10.1. The van der Waals surface area contributed by atoms with Crippen molar-refractivity contribution in [1.29, 1.82) is 0 Å². The van der Waals surface area contributed by atoms with Crippen LogP contribution in [-0.4, -0.2) is 30.4 Å². The highest BCUT2D eigenvalue weighted by atomic mass is 32.1. The molecule has 1 aromatic carbocycles. The number of esters is 1. The molecule has 4 rings (SSSR count). The molecule has 32 heavy (non-hydrogen) atoms. The predicted molar refractivity (Wildman–Crippen MR) is 127 cm³/mol. The molecule has 6 nitrogen and oxygen atoms in total. The Kier molecular flexibility index (Phi) is 7.02. The number of amides is 1. The van der Waals surface area contributed by atoms with Gasteiger partial charge in [-0.05, 0) is 49.6 Å². The summed E-state index contributed by atoms with van der Waals surface area (Å²) < 4.78 is 5.32. The third-order valence-corrected chi connectivity index (χ3v) is 7.36. The van der Waals surface area contributed by atoms with Crippen LogP contribution in [0.3, 0.4) is 0 Å². The van der Waals surface area contributed by atoms with Gasteiger partial charge in [-0.2, -0.15) is 0 Å². The summed E-state index contributed by atoms with van der Waals surface area (Å²) in [4.78, 5) is 40.5. The number of carbonyl (C=O) groups is 3. The number of benzene rings is 1. The van der Waals surface area contributed by atoms with Gasteiger partial charge in [-0.1, -0.05) is 36.4 Å². The fourth-order valence-electron chi connectivity index (χ4n) is 3.76. The number of ketones is 1. The minimum atomic E-state index is -1.03. The summed E-state index contributed by atoms with van der Waals surface area (Å²) in [6.45, 7) is 2.04. The van der Waals surface area contributed by atoms with Crippen molar-refractivity contribution in [3.8, 4) is 0 Å². The van der Waals surface area contributed by atoms with Gasteiger partial charge in [0.15, 0.2) is 6.17 Å². The molecule has 0 saturated heterocycles. The van der Waals surface area contributed by atoms with Crippen molar-refractivity contribution in [2.24, 2.45) is 0 Å². The maximum absolute atomic E-state index is 13.3. The van der Waals surface area contributed by atoms with Crippen LogP contribution >= 0.6 is 22.7 Å². The van der Waals surface area contributed by atoms with Crippen LogP contribution in [0.1, 0.15) is 60.6 Å². The number of aryl methyl sites for hydroxylation is 1. The molecule has 166 valence electrons. The van der Waals surface area contributed by atoms with Crippen molar-refractivity contribution >= 4 is 45.3 Å². The minimum Gasteiger partial charge on any atom is -0.462 e. The van der Waals surface area contributed by atoms with Crippen LogP contribution in [0.15, 0.2) is 47.8 Å². The lowest BCUT2D eigenvalue weighted by molar-refractivity contribution is 0.0526. The Labute approximate surface area is 194 Å². The Morgan fingerprint density at radius 2 is 1.84 bits per heavy atom. The van der Waals surface area contributed by atoms with Crippen LogP contribution in [-0.2, 0) is 17.6 Å². The van der Waals surface area contributed by atoms with E-state index in [-0.39, 0.29) is 18.3 Å². The number of thiophene rings is 2. The summed E-state index contributed by atoms with van der Waals surface area (Å²) in [6.07, 6.45) is 2.75. The SMILES string of the molecule is CCOC(=O)c1c(N[C@@H](NC(=O)c2cccs2)C(=O)c2ccccc2)sc2c1CCCC2. The van der Waals surface area contributed by atoms with Gasteiger partial charge in [0.25, 0.3) is 5.91 Å². The van der Waals surface area contributed by atoms with Gasteiger partial charge in [-0.25, -0.2) is 4.79 Å². The Morgan fingerprint density at radius 1 is 1.06 bits per heavy atom. The van der Waals surface area contributed by atoms with Crippen LogP contribution in [0.25, 0.3) is 0 Å². The molecule has 0 aliphatic heterocycles. The number of hydrogen-bond acceptors (Lipinski definition) is 7. The second-order valence-electron chi connectivity index (χ2n) is 7.39. The van der Waals surface area contributed by atoms with E-state index in [0.717, 1.165) is 36.1 Å². The molecule has 1 amide bonds. The average molecular weight is 469 g/mol. The highest BCUT2D eigenvalue weighted by molar-refractivity contribution is 7.16. The van der Waals surface area contributed by atoms with E-state index in [4.69, 9.17) is 4.74 Å². The number of hydrogen-bond donors (Lipinski definition) is 2.